The van der Waals surface area contributed by atoms with Crippen LogP contribution in [0.4, 0.5) is 0 Å². The molecule has 0 aliphatic rings. The zero-order chi connectivity index (χ0) is 12.6. The largest absolute Gasteiger partial charge is 0.383 e. The first-order chi connectivity index (χ1) is 8.88. The Balaban J connectivity index is 1.82. The SMILES string of the molecule is COCCNCc1cnc(Sc2nccs2)nc1. The average molecular weight is 282 g/mol. The maximum absolute atomic E-state index is 4.95. The fourth-order valence-electron chi connectivity index (χ4n) is 1.23. The van der Waals surface area contributed by atoms with Crippen LogP contribution in [-0.4, -0.2) is 35.2 Å². The van der Waals surface area contributed by atoms with Gasteiger partial charge in [-0.15, -0.1) is 11.3 Å². The van der Waals surface area contributed by atoms with E-state index in [1.807, 2.05) is 17.8 Å². The molecule has 0 aromatic carbocycles. The Morgan fingerprint density at radius 3 is 2.83 bits per heavy atom. The Bertz CT molecular complexity index is 447. The van der Waals surface area contributed by atoms with Crippen LogP contribution in [0.1, 0.15) is 5.56 Å². The molecule has 96 valence electrons. The van der Waals surface area contributed by atoms with Crippen molar-refractivity contribution in [3.05, 3.63) is 29.5 Å². The minimum absolute atomic E-state index is 0.707. The first-order valence-corrected chi connectivity index (χ1v) is 7.16. The van der Waals surface area contributed by atoms with Crippen molar-refractivity contribution in [3.8, 4) is 0 Å². The van der Waals surface area contributed by atoms with Crippen LogP contribution in [-0.2, 0) is 11.3 Å². The van der Waals surface area contributed by atoms with Crippen molar-refractivity contribution in [1.29, 1.82) is 0 Å². The van der Waals surface area contributed by atoms with Gasteiger partial charge in [-0.3, -0.25) is 0 Å². The predicted octanol–water partition coefficient (Wildman–Crippen LogP) is 1.82. The second-order valence-corrected chi connectivity index (χ2v) is 5.55. The molecule has 2 heterocycles. The fourth-order valence-corrected chi connectivity index (χ4v) is 2.66. The summed E-state index contributed by atoms with van der Waals surface area (Å²) in [6.45, 7) is 2.29. The van der Waals surface area contributed by atoms with Gasteiger partial charge in [0.2, 0.25) is 0 Å². The van der Waals surface area contributed by atoms with Gasteiger partial charge >= 0.3 is 0 Å². The Kier molecular flexibility index (Phi) is 5.53. The summed E-state index contributed by atoms with van der Waals surface area (Å²) in [5, 5.41) is 5.91. The molecule has 7 heteroatoms. The fraction of sp³-hybridized carbons (Fsp3) is 0.364. The lowest BCUT2D eigenvalue weighted by atomic mass is 10.3. The topological polar surface area (TPSA) is 59.9 Å². The zero-order valence-corrected chi connectivity index (χ0v) is 11.6. The molecule has 0 spiro atoms. The smallest absolute Gasteiger partial charge is 0.194 e. The molecule has 0 saturated heterocycles. The van der Waals surface area contributed by atoms with Crippen LogP contribution in [0, 0.1) is 0 Å². The summed E-state index contributed by atoms with van der Waals surface area (Å²) in [5.74, 6) is 0. The Morgan fingerprint density at radius 2 is 2.17 bits per heavy atom. The van der Waals surface area contributed by atoms with Crippen LogP contribution in [0.5, 0.6) is 0 Å². The maximum Gasteiger partial charge on any atom is 0.194 e. The summed E-state index contributed by atoms with van der Waals surface area (Å²) in [6.07, 6.45) is 5.45. The Labute approximate surface area is 114 Å². The number of thiazole rings is 1. The summed E-state index contributed by atoms with van der Waals surface area (Å²) in [5.41, 5.74) is 1.06. The molecule has 2 aromatic heterocycles. The first-order valence-electron chi connectivity index (χ1n) is 5.46. The van der Waals surface area contributed by atoms with E-state index in [9.17, 15) is 0 Å². The van der Waals surface area contributed by atoms with Crippen molar-refractivity contribution < 1.29 is 4.74 Å². The van der Waals surface area contributed by atoms with Crippen LogP contribution < -0.4 is 5.32 Å². The highest BCUT2D eigenvalue weighted by molar-refractivity contribution is 8.00. The van der Waals surface area contributed by atoms with Gasteiger partial charge in [0.25, 0.3) is 0 Å². The number of nitrogens with zero attached hydrogens (tertiary/aromatic N) is 3. The molecule has 2 aromatic rings. The van der Waals surface area contributed by atoms with Gasteiger partial charge in [0.05, 0.1) is 6.61 Å². The zero-order valence-electron chi connectivity index (χ0n) is 10.00. The van der Waals surface area contributed by atoms with Gasteiger partial charge in [-0.25, -0.2) is 15.0 Å². The van der Waals surface area contributed by atoms with Crippen LogP contribution >= 0.6 is 23.1 Å². The minimum Gasteiger partial charge on any atom is -0.383 e. The number of rotatable bonds is 7. The molecule has 0 radical (unpaired) electrons. The highest BCUT2D eigenvalue weighted by atomic mass is 32.2. The van der Waals surface area contributed by atoms with Gasteiger partial charge in [0, 0.05) is 49.7 Å². The van der Waals surface area contributed by atoms with E-state index in [-0.39, 0.29) is 0 Å². The molecule has 0 fully saturated rings. The van der Waals surface area contributed by atoms with E-state index in [4.69, 9.17) is 4.74 Å². The molecular weight excluding hydrogens is 268 g/mol. The second-order valence-electron chi connectivity index (χ2n) is 3.44. The first kappa shape index (κ1) is 13.4. The minimum atomic E-state index is 0.707. The number of methoxy groups -OCH3 is 1. The summed E-state index contributed by atoms with van der Waals surface area (Å²) in [6, 6.07) is 0. The van der Waals surface area contributed by atoms with Gasteiger partial charge in [-0.2, -0.15) is 0 Å². The molecule has 1 N–H and O–H groups in total. The number of hydrogen-bond acceptors (Lipinski definition) is 7. The van der Waals surface area contributed by atoms with E-state index >= 15 is 0 Å². The summed E-state index contributed by atoms with van der Waals surface area (Å²) in [4.78, 5) is 12.8. The molecule has 0 bridgehead atoms. The number of ether oxygens (including phenoxy) is 1. The quantitative estimate of drug-likeness (QED) is 0.617. The van der Waals surface area contributed by atoms with Gasteiger partial charge in [0.15, 0.2) is 9.50 Å². The maximum atomic E-state index is 4.95. The number of hydrogen-bond donors (Lipinski definition) is 1. The van der Waals surface area contributed by atoms with Crippen LogP contribution in [0.15, 0.2) is 33.5 Å². The van der Waals surface area contributed by atoms with E-state index in [1.165, 1.54) is 11.8 Å². The molecule has 0 unspecified atom stereocenters. The average Bonchev–Trinajstić information content (AvgIpc) is 2.89. The predicted molar refractivity (Wildman–Crippen MR) is 71.9 cm³/mol. The van der Waals surface area contributed by atoms with Crippen molar-refractivity contribution in [2.45, 2.75) is 16.0 Å². The highest BCUT2D eigenvalue weighted by Crippen LogP contribution is 2.25. The molecule has 0 atom stereocenters. The Morgan fingerprint density at radius 1 is 1.33 bits per heavy atom. The van der Waals surface area contributed by atoms with Crippen LogP contribution in [0.25, 0.3) is 0 Å². The van der Waals surface area contributed by atoms with Gasteiger partial charge in [-0.05, 0) is 11.8 Å². The van der Waals surface area contributed by atoms with Crippen LogP contribution in [0.3, 0.4) is 0 Å². The molecule has 0 saturated carbocycles. The molecule has 18 heavy (non-hydrogen) atoms. The molecule has 0 amide bonds. The molecule has 2 rings (SSSR count). The van der Waals surface area contributed by atoms with Crippen molar-refractivity contribution in [3.63, 3.8) is 0 Å². The highest BCUT2D eigenvalue weighted by Gasteiger charge is 2.02. The van der Waals surface area contributed by atoms with E-state index in [2.05, 4.69) is 20.3 Å². The van der Waals surface area contributed by atoms with Gasteiger partial charge in [-0.1, -0.05) is 0 Å². The standard InChI is InChI=1S/C11H14N4OS2/c1-16-4-2-12-6-9-7-14-10(15-8-9)18-11-13-3-5-17-11/h3,5,7-8,12H,2,4,6H2,1H3. The monoisotopic (exact) mass is 282 g/mol. The molecular formula is C11H14N4OS2. The van der Waals surface area contributed by atoms with E-state index in [0.717, 1.165) is 28.1 Å². The lowest BCUT2D eigenvalue weighted by molar-refractivity contribution is 0.199. The van der Waals surface area contributed by atoms with Crippen LogP contribution in [0.2, 0.25) is 0 Å². The summed E-state index contributed by atoms with van der Waals surface area (Å²) < 4.78 is 5.91. The van der Waals surface area contributed by atoms with Gasteiger partial charge in [0.1, 0.15) is 0 Å². The van der Waals surface area contributed by atoms with Crippen molar-refractivity contribution >= 4 is 23.1 Å². The number of aromatic nitrogens is 3. The van der Waals surface area contributed by atoms with E-state index < -0.39 is 0 Å². The molecule has 0 aliphatic carbocycles. The van der Waals surface area contributed by atoms with Crippen molar-refractivity contribution in [1.82, 2.24) is 20.3 Å². The third-order valence-corrected chi connectivity index (χ3v) is 3.86. The van der Waals surface area contributed by atoms with E-state index in [0.29, 0.717) is 6.61 Å². The molecule has 5 nitrogen and oxygen atoms in total. The number of nitrogens with one attached hydrogen (secondary N) is 1. The summed E-state index contributed by atoms with van der Waals surface area (Å²) in [7, 11) is 1.69. The normalized spacial score (nSPS) is 10.7. The Hall–Kier alpha value is -1.02. The molecule has 0 aliphatic heterocycles. The summed E-state index contributed by atoms with van der Waals surface area (Å²) >= 11 is 3.07. The lowest BCUT2D eigenvalue weighted by Crippen LogP contribution is -2.18. The van der Waals surface area contributed by atoms with Crippen molar-refractivity contribution in [2.24, 2.45) is 0 Å². The third-order valence-electron chi connectivity index (χ3n) is 2.08. The second kappa shape index (κ2) is 7.42. The van der Waals surface area contributed by atoms with Crippen molar-refractivity contribution in [2.75, 3.05) is 20.3 Å². The van der Waals surface area contributed by atoms with E-state index in [1.54, 1.807) is 24.6 Å². The lowest BCUT2D eigenvalue weighted by Gasteiger charge is -2.03. The third kappa shape index (κ3) is 4.34. The van der Waals surface area contributed by atoms with Gasteiger partial charge < -0.3 is 10.1 Å².